The number of nitrogens with one attached hydrogen (secondary N) is 2. The third-order valence-electron chi connectivity index (χ3n) is 5.97. The molecule has 4 N–H and O–H groups in total. The van der Waals surface area contributed by atoms with Gasteiger partial charge in [-0.05, 0) is 55.7 Å². The van der Waals surface area contributed by atoms with Gasteiger partial charge < -0.3 is 16.4 Å². The number of hydrogen-bond acceptors (Lipinski definition) is 3. The van der Waals surface area contributed by atoms with E-state index in [0.717, 1.165) is 44.2 Å². The zero-order valence-corrected chi connectivity index (χ0v) is 18.3. The van der Waals surface area contributed by atoms with Crippen molar-refractivity contribution in [1.82, 2.24) is 10.2 Å². The highest BCUT2D eigenvalue weighted by Gasteiger charge is 2.52. The van der Waals surface area contributed by atoms with Crippen molar-refractivity contribution in [2.75, 3.05) is 18.4 Å². The summed E-state index contributed by atoms with van der Waals surface area (Å²) in [7, 11) is 0. The van der Waals surface area contributed by atoms with Crippen molar-refractivity contribution >= 4 is 47.6 Å². The van der Waals surface area contributed by atoms with E-state index >= 15 is 0 Å². The van der Waals surface area contributed by atoms with Gasteiger partial charge in [0.05, 0.1) is 13.1 Å². The fraction of sp³-hybridized carbons (Fsp3) is 0.550. The normalized spacial score (nSPS) is 20.7. The second kappa shape index (κ2) is 8.67. The third-order valence-corrected chi connectivity index (χ3v) is 5.97. The van der Waals surface area contributed by atoms with Gasteiger partial charge in [0.15, 0.2) is 5.96 Å². The Kier molecular flexibility index (Phi) is 6.47. The Labute approximate surface area is 182 Å². The zero-order valence-electron chi connectivity index (χ0n) is 16.0. The van der Waals surface area contributed by atoms with Crippen molar-refractivity contribution in [1.29, 1.82) is 0 Å². The first-order chi connectivity index (χ1) is 13.1. The van der Waals surface area contributed by atoms with Gasteiger partial charge in [-0.25, -0.2) is 4.79 Å². The predicted molar refractivity (Wildman–Crippen MR) is 120 cm³/mol. The molecule has 1 heterocycles. The third kappa shape index (κ3) is 3.97. The SMILES string of the molecule is I.NC(=NCCN1C(=O)NC2(CCCC2)C1=O)Nc1cccc2c1CCCC2. The number of anilines is 1. The van der Waals surface area contributed by atoms with Crippen LogP contribution in [0.4, 0.5) is 10.5 Å². The molecule has 4 rings (SSSR count). The number of carbonyl (C=O) groups excluding carboxylic acids is 2. The van der Waals surface area contributed by atoms with Gasteiger partial charge in [0.2, 0.25) is 0 Å². The molecule has 2 fully saturated rings. The van der Waals surface area contributed by atoms with E-state index in [1.54, 1.807) is 0 Å². The molecule has 0 aromatic heterocycles. The molecule has 28 heavy (non-hydrogen) atoms. The second-order valence-electron chi connectivity index (χ2n) is 7.72. The van der Waals surface area contributed by atoms with Crippen LogP contribution in [-0.4, -0.2) is 41.4 Å². The lowest BCUT2D eigenvalue weighted by molar-refractivity contribution is -0.131. The average Bonchev–Trinajstić information content (AvgIpc) is 3.22. The monoisotopic (exact) mass is 497 g/mol. The van der Waals surface area contributed by atoms with Crippen LogP contribution in [0.15, 0.2) is 23.2 Å². The van der Waals surface area contributed by atoms with Crippen molar-refractivity contribution in [2.24, 2.45) is 10.7 Å². The van der Waals surface area contributed by atoms with Crippen LogP contribution in [0.25, 0.3) is 0 Å². The summed E-state index contributed by atoms with van der Waals surface area (Å²) in [6.07, 6.45) is 8.02. The highest BCUT2D eigenvalue weighted by atomic mass is 127. The van der Waals surface area contributed by atoms with Crippen LogP contribution in [0.1, 0.15) is 49.7 Å². The fourth-order valence-corrected chi connectivity index (χ4v) is 4.54. The number of carbonyl (C=O) groups is 2. The number of imide groups is 1. The van der Waals surface area contributed by atoms with Gasteiger partial charge in [0.25, 0.3) is 5.91 Å². The molecule has 1 aromatic rings. The van der Waals surface area contributed by atoms with Crippen molar-refractivity contribution < 1.29 is 9.59 Å². The molecule has 2 aliphatic carbocycles. The Morgan fingerprint density at radius 3 is 2.71 bits per heavy atom. The molecule has 1 aliphatic heterocycles. The first kappa shape index (κ1) is 20.9. The number of benzene rings is 1. The Bertz CT molecular complexity index is 789. The summed E-state index contributed by atoms with van der Waals surface area (Å²) in [6, 6.07) is 5.92. The number of amides is 3. The standard InChI is InChI=1S/C20H27N5O2.HI/c21-18(23-16-9-5-7-14-6-1-2-8-15(14)16)22-12-13-25-17(26)20(24-19(25)27)10-3-4-11-20;/h5,7,9H,1-4,6,8,10-13H2,(H,24,27)(H3,21,22,23);1H. The van der Waals surface area contributed by atoms with Gasteiger partial charge in [0, 0.05) is 5.69 Å². The van der Waals surface area contributed by atoms with Gasteiger partial charge in [-0.15, -0.1) is 24.0 Å². The van der Waals surface area contributed by atoms with Gasteiger partial charge in [-0.2, -0.15) is 0 Å². The predicted octanol–water partition coefficient (Wildman–Crippen LogP) is 2.77. The molecule has 0 unspecified atom stereocenters. The van der Waals surface area contributed by atoms with E-state index in [1.165, 1.54) is 28.9 Å². The number of fused-ring (bicyclic) bond motifs is 1. The molecule has 0 radical (unpaired) electrons. The molecule has 7 nitrogen and oxygen atoms in total. The average molecular weight is 497 g/mol. The van der Waals surface area contributed by atoms with E-state index < -0.39 is 5.54 Å². The molecule has 3 aliphatic rings. The topological polar surface area (TPSA) is 99.8 Å². The number of rotatable bonds is 4. The van der Waals surface area contributed by atoms with E-state index in [9.17, 15) is 9.59 Å². The van der Waals surface area contributed by atoms with Gasteiger partial charge in [-0.3, -0.25) is 14.7 Å². The van der Waals surface area contributed by atoms with E-state index in [-0.39, 0.29) is 42.5 Å². The number of aliphatic imine (C=N–C) groups is 1. The lowest BCUT2D eigenvalue weighted by atomic mass is 9.90. The minimum atomic E-state index is -0.659. The van der Waals surface area contributed by atoms with Crippen LogP contribution in [-0.2, 0) is 17.6 Å². The molecule has 0 bridgehead atoms. The quantitative estimate of drug-likeness (QED) is 0.258. The molecule has 0 atom stereocenters. The minimum Gasteiger partial charge on any atom is -0.370 e. The number of nitrogens with two attached hydrogens (primary N) is 1. The minimum absolute atomic E-state index is 0. The van der Waals surface area contributed by atoms with Gasteiger partial charge >= 0.3 is 6.03 Å². The second-order valence-corrected chi connectivity index (χ2v) is 7.72. The molecule has 152 valence electrons. The summed E-state index contributed by atoms with van der Waals surface area (Å²) in [5, 5.41) is 6.07. The number of nitrogens with zero attached hydrogens (tertiary/aromatic N) is 2. The number of urea groups is 1. The summed E-state index contributed by atoms with van der Waals surface area (Å²) < 4.78 is 0. The fourth-order valence-electron chi connectivity index (χ4n) is 4.54. The van der Waals surface area contributed by atoms with Gasteiger partial charge in [-0.1, -0.05) is 25.0 Å². The Morgan fingerprint density at radius 1 is 1.18 bits per heavy atom. The molecular weight excluding hydrogens is 469 g/mol. The van der Waals surface area contributed by atoms with Crippen molar-refractivity contribution in [3.63, 3.8) is 0 Å². The van der Waals surface area contributed by atoms with E-state index in [0.29, 0.717) is 12.5 Å². The van der Waals surface area contributed by atoms with E-state index in [1.807, 2.05) is 12.1 Å². The molecule has 3 amide bonds. The van der Waals surface area contributed by atoms with Crippen molar-refractivity contribution in [3.8, 4) is 0 Å². The first-order valence-corrected chi connectivity index (χ1v) is 9.91. The largest absolute Gasteiger partial charge is 0.370 e. The highest BCUT2D eigenvalue weighted by molar-refractivity contribution is 14.0. The van der Waals surface area contributed by atoms with Crippen molar-refractivity contribution in [3.05, 3.63) is 29.3 Å². The first-order valence-electron chi connectivity index (χ1n) is 9.91. The maximum atomic E-state index is 12.6. The van der Waals surface area contributed by atoms with Gasteiger partial charge in [0.1, 0.15) is 5.54 Å². The highest BCUT2D eigenvalue weighted by Crippen LogP contribution is 2.34. The summed E-state index contributed by atoms with van der Waals surface area (Å²) in [5.74, 6) is 0.209. The zero-order chi connectivity index (χ0) is 18.9. The summed E-state index contributed by atoms with van der Waals surface area (Å²) >= 11 is 0. The summed E-state index contributed by atoms with van der Waals surface area (Å²) in [6.45, 7) is 0.546. The molecule has 1 spiro atoms. The Hall–Kier alpha value is -1.84. The van der Waals surface area contributed by atoms with Crippen LogP contribution < -0.4 is 16.4 Å². The Morgan fingerprint density at radius 2 is 1.93 bits per heavy atom. The maximum absolute atomic E-state index is 12.6. The van der Waals surface area contributed by atoms with E-state index in [4.69, 9.17) is 5.73 Å². The molecule has 1 saturated heterocycles. The maximum Gasteiger partial charge on any atom is 0.325 e. The Balaban J connectivity index is 0.00000225. The molecule has 1 saturated carbocycles. The van der Waals surface area contributed by atoms with Crippen LogP contribution in [0.3, 0.4) is 0 Å². The van der Waals surface area contributed by atoms with Crippen molar-refractivity contribution in [2.45, 2.75) is 56.9 Å². The summed E-state index contributed by atoms with van der Waals surface area (Å²) in [5.41, 5.74) is 9.09. The van der Waals surface area contributed by atoms with E-state index in [2.05, 4.69) is 21.7 Å². The van der Waals surface area contributed by atoms with Crippen LogP contribution in [0.2, 0.25) is 0 Å². The number of halogens is 1. The van der Waals surface area contributed by atoms with Crippen LogP contribution in [0, 0.1) is 0 Å². The van der Waals surface area contributed by atoms with Crippen LogP contribution >= 0.6 is 24.0 Å². The summed E-state index contributed by atoms with van der Waals surface area (Å²) in [4.78, 5) is 30.4. The van der Waals surface area contributed by atoms with Crippen LogP contribution in [0.5, 0.6) is 0 Å². The number of hydrogen-bond donors (Lipinski definition) is 3. The lowest BCUT2D eigenvalue weighted by Gasteiger charge is -2.20. The number of guanidine groups is 1. The molecular formula is C20H28IN5O2. The molecule has 8 heteroatoms. The number of aryl methyl sites for hydroxylation is 1. The smallest absolute Gasteiger partial charge is 0.325 e. The lowest BCUT2D eigenvalue weighted by Crippen LogP contribution is -2.44. The molecule has 1 aromatic carbocycles.